The molecule has 16 heavy (non-hydrogen) atoms. The van der Waals surface area contributed by atoms with Gasteiger partial charge in [0.05, 0.1) is 0 Å². The Balaban J connectivity index is 2.96. The summed E-state index contributed by atoms with van der Waals surface area (Å²) in [4.78, 5) is 10.6. The predicted octanol–water partition coefficient (Wildman–Crippen LogP) is 1.18. The quantitative estimate of drug-likeness (QED) is 0.792. The number of hydrogen-bond acceptors (Lipinski definition) is 3. The molecule has 0 saturated carbocycles. The molecule has 0 aliphatic carbocycles. The van der Waals surface area contributed by atoms with Crippen molar-refractivity contribution in [2.24, 2.45) is 5.73 Å². The average Bonchev–Trinajstić information content (AvgIpc) is 2.23. The molecular weight excluding hydrogens is 213 g/mol. The van der Waals surface area contributed by atoms with Crippen molar-refractivity contribution >= 4 is 5.97 Å². The summed E-state index contributed by atoms with van der Waals surface area (Å²) in [7, 11) is 0. The molecule has 88 valence electrons. The molecule has 0 saturated heterocycles. The highest BCUT2D eigenvalue weighted by Crippen LogP contribution is 2.24. The van der Waals surface area contributed by atoms with Gasteiger partial charge >= 0.3 is 5.97 Å². The van der Waals surface area contributed by atoms with Crippen LogP contribution in [0.5, 0.6) is 5.75 Å². The molecule has 0 amide bonds. The van der Waals surface area contributed by atoms with Crippen molar-refractivity contribution in [1.29, 1.82) is 0 Å². The van der Waals surface area contributed by atoms with Crippen molar-refractivity contribution in [3.05, 3.63) is 29.6 Å². The van der Waals surface area contributed by atoms with E-state index in [1.807, 2.05) is 0 Å². The van der Waals surface area contributed by atoms with Gasteiger partial charge in [0.15, 0.2) is 17.7 Å². The number of benzene rings is 1. The Morgan fingerprint density at radius 3 is 2.88 bits per heavy atom. The molecule has 1 unspecified atom stereocenters. The van der Waals surface area contributed by atoms with Gasteiger partial charge in [-0.15, -0.1) is 0 Å². The third-order valence-corrected chi connectivity index (χ3v) is 2.10. The summed E-state index contributed by atoms with van der Waals surface area (Å²) in [5.41, 5.74) is 5.96. The van der Waals surface area contributed by atoms with Crippen molar-refractivity contribution in [2.75, 3.05) is 6.54 Å². The van der Waals surface area contributed by atoms with Crippen LogP contribution in [0.4, 0.5) is 4.39 Å². The molecule has 5 heteroatoms. The fourth-order valence-corrected chi connectivity index (χ4v) is 1.27. The Bertz CT molecular complexity index is 381. The predicted molar refractivity (Wildman–Crippen MR) is 56.9 cm³/mol. The monoisotopic (exact) mass is 227 g/mol. The standard InChI is InChI=1S/C11H14FNO3/c1-7(11(14)15)16-10-8(5-6-13)3-2-4-9(10)12/h2-4,7H,5-6,13H2,1H3,(H,14,15). The van der Waals surface area contributed by atoms with E-state index in [9.17, 15) is 9.18 Å². The minimum Gasteiger partial charge on any atom is -0.479 e. The second-order valence-corrected chi connectivity index (χ2v) is 3.37. The van der Waals surface area contributed by atoms with E-state index in [0.29, 0.717) is 18.5 Å². The molecule has 0 aliphatic rings. The van der Waals surface area contributed by atoms with E-state index in [0.717, 1.165) is 0 Å². The molecule has 0 aliphatic heterocycles. The zero-order chi connectivity index (χ0) is 12.1. The molecule has 1 atom stereocenters. The summed E-state index contributed by atoms with van der Waals surface area (Å²) in [5, 5.41) is 8.68. The average molecular weight is 227 g/mol. The van der Waals surface area contributed by atoms with Gasteiger partial charge in [0, 0.05) is 0 Å². The van der Waals surface area contributed by atoms with Gasteiger partial charge in [-0.05, 0) is 31.5 Å². The van der Waals surface area contributed by atoms with Crippen LogP contribution in [0.2, 0.25) is 0 Å². The van der Waals surface area contributed by atoms with Gasteiger partial charge in [0.2, 0.25) is 0 Å². The van der Waals surface area contributed by atoms with Crippen molar-refractivity contribution in [2.45, 2.75) is 19.4 Å². The SMILES string of the molecule is CC(Oc1c(F)cccc1CCN)C(=O)O. The number of aliphatic carboxylic acids is 1. The number of carboxylic acids is 1. The number of halogens is 1. The van der Waals surface area contributed by atoms with E-state index in [2.05, 4.69) is 0 Å². The largest absolute Gasteiger partial charge is 0.479 e. The molecule has 0 bridgehead atoms. The first-order valence-electron chi connectivity index (χ1n) is 4.93. The zero-order valence-electron chi connectivity index (χ0n) is 8.94. The number of nitrogens with two attached hydrogens (primary N) is 1. The van der Waals surface area contributed by atoms with Gasteiger partial charge in [0.1, 0.15) is 0 Å². The fourth-order valence-electron chi connectivity index (χ4n) is 1.27. The topological polar surface area (TPSA) is 72.5 Å². The first kappa shape index (κ1) is 12.4. The van der Waals surface area contributed by atoms with Crippen LogP contribution in [0, 0.1) is 5.82 Å². The van der Waals surface area contributed by atoms with Crippen LogP contribution in [-0.2, 0) is 11.2 Å². The summed E-state index contributed by atoms with van der Waals surface area (Å²) < 4.78 is 18.5. The molecule has 3 N–H and O–H groups in total. The van der Waals surface area contributed by atoms with Crippen LogP contribution in [-0.4, -0.2) is 23.7 Å². The zero-order valence-corrected chi connectivity index (χ0v) is 8.94. The maximum Gasteiger partial charge on any atom is 0.344 e. The van der Waals surface area contributed by atoms with Gasteiger partial charge in [-0.1, -0.05) is 12.1 Å². The number of hydrogen-bond donors (Lipinski definition) is 2. The molecular formula is C11H14FNO3. The molecule has 0 aromatic heterocycles. The molecule has 0 spiro atoms. The molecule has 1 rings (SSSR count). The lowest BCUT2D eigenvalue weighted by molar-refractivity contribution is -0.144. The Morgan fingerprint density at radius 2 is 2.31 bits per heavy atom. The smallest absolute Gasteiger partial charge is 0.344 e. The van der Waals surface area contributed by atoms with Crippen LogP contribution in [0.15, 0.2) is 18.2 Å². The Kier molecular flexibility index (Phi) is 4.25. The third-order valence-electron chi connectivity index (χ3n) is 2.10. The van der Waals surface area contributed by atoms with Crippen molar-refractivity contribution < 1.29 is 19.0 Å². The summed E-state index contributed by atoms with van der Waals surface area (Å²) in [6, 6.07) is 4.43. The molecule has 0 radical (unpaired) electrons. The minimum absolute atomic E-state index is 0.0251. The van der Waals surface area contributed by atoms with Gasteiger partial charge in [-0.25, -0.2) is 9.18 Å². The normalized spacial score (nSPS) is 12.2. The highest BCUT2D eigenvalue weighted by Gasteiger charge is 2.17. The number of carboxylic acid groups (broad SMARTS) is 1. The molecule has 1 aromatic rings. The summed E-state index contributed by atoms with van der Waals surface area (Å²) in [6.07, 6.45) is -0.646. The first-order chi connectivity index (χ1) is 7.56. The van der Waals surface area contributed by atoms with Crippen molar-refractivity contribution in [1.82, 2.24) is 0 Å². The summed E-state index contributed by atoms with van der Waals surface area (Å²) in [6.45, 7) is 1.70. The highest BCUT2D eigenvalue weighted by molar-refractivity contribution is 5.72. The Morgan fingerprint density at radius 1 is 1.62 bits per heavy atom. The first-order valence-corrected chi connectivity index (χ1v) is 4.93. The van der Waals surface area contributed by atoms with Crippen LogP contribution < -0.4 is 10.5 Å². The highest BCUT2D eigenvalue weighted by atomic mass is 19.1. The van der Waals surface area contributed by atoms with Gasteiger partial charge in [-0.3, -0.25) is 0 Å². The van der Waals surface area contributed by atoms with Crippen LogP contribution in [0.25, 0.3) is 0 Å². The number of para-hydroxylation sites is 1. The number of carbonyl (C=O) groups is 1. The van der Waals surface area contributed by atoms with Crippen molar-refractivity contribution in [3.8, 4) is 5.75 Å². The molecule has 1 aromatic carbocycles. The van der Waals surface area contributed by atoms with E-state index < -0.39 is 17.9 Å². The lowest BCUT2D eigenvalue weighted by atomic mass is 10.1. The van der Waals surface area contributed by atoms with E-state index in [4.69, 9.17) is 15.6 Å². The minimum atomic E-state index is -1.14. The van der Waals surface area contributed by atoms with Crippen LogP contribution in [0.3, 0.4) is 0 Å². The fraction of sp³-hybridized carbons (Fsp3) is 0.364. The molecule has 0 fully saturated rings. The third kappa shape index (κ3) is 2.93. The molecule has 0 heterocycles. The van der Waals surface area contributed by atoms with Crippen LogP contribution >= 0.6 is 0 Å². The van der Waals surface area contributed by atoms with E-state index >= 15 is 0 Å². The lowest BCUT2D eigenvalue weighted by Gasteiger charge is -2.14. The van der Waals surface area contributed by atoms with Gasteiger partial charge < -0.3 is 15.6 Å². The number of ether oxygens (including phenoxy) is 1. The van der Waals surface area contributed by atoms with Crippen LogP contribution in [0.1, 0.15) is 12.5 Å². The maximum absolute atomic E-state index is 13.4. The lowest BCUT2D eigenvalue weighted by Crippen LogP contribution is -2.24. The van der Waals surface area contributed by atoms with Gasteiger partial charge in [0.25, 0.3) is 0 Å². The second-order valence-electron chi connectivity index (χ2n) is 3.37. The maximum atomic E-state index is 13.4. The van der Waals surface area contributed by atoms with E-state index in [1.54, 1.807) is 12.1 Å². The van der Waals surface area contributed by atoms with Crippen molar-refractivity contribution in [3.63, 3.8) is 0 Å². The Hall–Kier alpha value is -1.62. The number of rotatable bonds is 5. The molecule has 4 nitrogen and oxygen atoms in total. The van der Waals surface area contributed by atoms with Gasteiger partial charge in [-0.2, -0.15) is 0 Å². The summed E-state index contributed by atoms with van der Waals surface area (Å²) in [5.74, 6) is -1.73. The summed E-state index contributed by atoms with van der Waals surface area (Å²) >= 11 is 0. The Labute approximate surface area is 92.8 Å². The second kappa shape index (κ2) is 5.46. The van der Waals surface area contributed by atoms with E-state index in [1.165, 1.54) is 13.0 Å². The van der Waals surface area contributed by atoms with E-state index in [-0.39, 0.29) is 5.75 Å².